The molecule has 1 aromatic carbocycles. The van der Waals surface area contributed by atoms with Crippen molar-refractivity contribution in [3.05, 3.63) is 57.5 Å². The molecule has 1 aliphatic carbocycles. The van der Waals surface area contributed by atoms with Crippen molar-refractivity contribution in [3.8, 4) is 0 Å². The molecule has 0 spiro atoms. The van der Waals surface area contributed by atoms with E-state index in [4.69, 9.17) is 0 Å². The topological polar surface area (TPSA) is 12.0 Å². The summed E-state index contributed by atoms with van der Waals surface area (Å²) in [6.07, 6.45) is 2.54. The van der Waals surface area contributed by atoms with Gasteiger partial charge in [0.25, 0.3) is 0 Å². The normalized spacial score (nSPS) is 17.9. The van der Waals surface area contributed by atoms with E-state index in [9.17, 15) is 4.39 Å². The highest BCUT2D eigenvalue weighted by molar-refractivity contribution is 7.12. The number of hydrogen-bond acceptors (Lipinski definition) is 2. The van der Waals surface area contributed by atoms with Crippen LogP contribution in [-0.2, 0) is 0 Å². The van der Waals surface area contributed by atoms with Crippen LogP contribution in [0.3, 0.4) is 0 Å². The average Bonchev–Trinajstić information content (AvgIpc) is 3.18. The summed E-state index contributed by atoms with van der Waals surface area (Å²) in [5.41, 5.74) is 1.20. The molecule has 106 valence electrons. The van der Waals surface area contributed by atoms with Gasteiger partial charge in [0.05, 0.1) is 0 Å². The standard InChI is InChI=1S/C17H20FNS/c1-11-3-10-16(20-11)12(2)19-17(13-4-5-13)14-6-8-15(18)9-7-14/h3,6-10,12-13,17,19H,4-5H2,1-2H3. The van der Waals surface area contributed by atoms with Gasteiger partial charge in [-0.05, 0) is 62.4 Å². The van der Waals surface area contributed by atoms with Crippen LogP contribution in [0.5, 0.6) is 0 Å². The van der Waals surface area contributed by atoms with Crippen molar-refractivity contribution in [1.82, 2.24) is 5.32 Å². The molecule has 1 fully saturated rings. The maximum Gasteiger partial charge on any atom is 0.123 e. The maximum atomic E-state index is 13.1. The monoisotopic (exact) mass is 289 g/mol. The van der Waals surface area contributed by atoms with Crippen molar-refractivity contribution in [3.63, 3.8) is 0 Å². The number of nitrogens with one attached hydrogen (secondary N) is 1. The van der Waals surface area contributed by atoms with Crippen LogP contribution in [0.2, 0.25) is 0 Å². The van der Waals surface area contributed by atoms with Crippen molar-refractivity contribution in [2.75, 3.05) is 0 Å². The Hall–Kier alpha value is -1.19. The number of aryl methyl sites for hydroxylation is 1. The van der Waals surface area contributed by atoms with E-state index in [-0.39, 0.29) is 5.82 Å². The lowest BCUT2D eigenvalue weighted by molar-refractivity contribution is 0.430. The minimum atomic E-state index is -0.162. The van der Waals surface area contributed by atoms with Gasteiger partial charge in [-0.2, -0.15) is 0 Å². The first kappa shape index (κ1) is 13.8. The summed E-state index contributed by atoms with van der Waals surface area (Å²) in [5.74, 6) is 0.536. The average molecular weight is 289 g/mol. The molecule has 3 rings (SSSR count). The van der Waals surface area contributed by atoms with Crippen molar-refractivity contribution in [1.29, 1.82) is 0 Å². The van der Waals surface area contributed by atoms with Gasteiger partial charge >= 0.3 is 0 Å². The summed E-state index contributed by atoms with van der Waals surface area (Å²) in [4.78, 5) is 2.72. The molecule has 2 aromatic rings. The van der Waals surface area contributed by atoms with Crippen LogP contribution in [0.4, 0.5) is 4.39 Å². The molecule has 1 N–H and O–H groups in total. The van der Waals surface area contributed by atoms with Crippen LogP contribution in [-0.4, -0.2) is 0 Å². The van der Waals surface area contributed by atoms with Gasteiger partial charge in [0.1, 0.15) is 5.82 Å². The van der Waals surface area contributed by atoms with Gasteiger partial charge in [-0.15, -0.1) is 11.3 Å². The molecule has 1 aliphatic rings. The third-order valence-electron chi connectivity index (χ3n) is 3.94. The van der Waals surface area contributed by atoms with Gasteiger partial charge in [-0.25, -0.2) is 4.39 Å². The largest absolute Gasteiger partial charge is 0.302 e. The minimum Gasteiger partial charge on any atom is -0.302 e. The summed E-state index contributed by atoms with van der Waals surface area (Å²) in [7, 11) is 0. The van der Waals surface area contributed by atoms with Crippen molar-refractivity contribution in [2.45, 2.75) is 38.8 Å². The molecule has 2 unspecified atom stereocenters. The molecule has 2 atom stereocenters. The summed E-state index contributed by atoms with van der Waals surface area (Å²) >= 11 is 1.85. The van der Waals surface area contributed by atoms with E-state index in [1.807, 2.05) is 23.5 Å². The van der Waals surface area contributed by atoms with E-state index in [1.165, 1.54) is 28.2 Å². The molecule has 1 saturated carbocycles. The summed E-state index contributed by atoms with van der Waals surface area (Å²) in [5, 5.41) is 3.73. The van der Waals surface area contributed by atoms with Gasteiger partial charge < -0.3 is 5.32 Å². The number of thiophene rings is 1. The Bertz CT molecular complexity index is 571. The van der Waals surface area contributed by atoms with Gasteiger partial charge in [0.15, 0.2) is 0 Å². The predicted octanol–water partition coefficient (Wildman–Crippen LogP) is 5.00. The van der Waals surface area contributed by atoms with Crippen LogP contribution in [0.25, 0.3) is 0 Å². The van der Waals surface area contributed by atoms with Crippen LogP contribution < -0.4 is 5.32 Å². The van der Waals surface area contributed by atoms with E-state index < -0.39 is 0 Å². The van der Waals surface area contributed by atoms with E-state index in [0.717, 1.165) is 0 Å². The first-order valence-corrected chi connectivity index (χ1v) is 8.03. The molecule has 1 nitrogen and oxygen atoms in total. The minimum absolute atomic E-state index is 0.162. The lowest BCUT2D eigenvalue weighted by Crippen LogP contribution is -2.25. The Balaban J connectivity index is 1.76. The highest BCUT2D eigenvalue weighted by Gasteiger charge is 2.33. The van der Waals surface area contributed by atoms with Gasteiger partial charge in [0.2, 0.25) is 0 Å². The van der Waals surface area contributed by atoms with Crippen LogP contribution in [0.1, 0.15) is 47.2 Å². The predicted molar refractivity (Wildman–Crippen MR) is 82.5 cm³/mol. The van der Waals surface area contributed by atoms with E-state index in [2.05, 4.69) is 31.3 Å². The van der Waals surface area contributed by atoms with Crippen molar-refractivity contribution in [2.24, 2.45) is 5.92 Å². The number of hydrogen-bond donors (Lipinski definition) is 1. The fraction of sp³-hybridized carbons (Fsp3) is 0.412. The zero-order valence-electron chi connectivity index (χ0n) is 11.9. The Morgan fingerprint density at radius 1 is 1.15 bits per heavy atom. The molecule has 0 radical (unpaired) electrons. The van der Waals surface area contributed by atoms with Crippen LogP contribution in [0, 0.1) is 18.7 Å². The van der Waals surface area contributed by atoms with Crippen LogP contribution in [0.15, 0.2) is 36.4 Å². The fourth-order valence-electron chi connectivity index (χ4n) is 2.64. The fourth-order valence-corrected chi connectivity index (χ4v) is 3.53. The number of halogens is 1. The molecule has 1 aromatic heterocycles. The first-order valence-electron chi connectivity index (χ1n) is 7.21. The SMILES string of the molecule is Cc1ccc(C(C)NC(c2ccc(F)cc2)C2CC2)s1. The molecule has 0 aliphatic heterocycles. The molecule has 1 heterocycles. The Morgan fingerprint density at radius 3 is 2.40 bits per heavy atom. The lowest BCUT2D eigenvalue weighted by atomic mass is 10.0. The quantitative estimate of drug-likeness (QED) is 0.817. The van der Waals surface area contributed by atoms with Gasteiger partial charge in [-0.1, -0.05) is 12.1 Å². The molecule has 3 heteroatoms. The zero-order valence-corrected chi connectivity index (χ0v) is 12.7. The second kappa shape index (κ2) is 5.66. The number of benzene rings is 1. The van der Waals surface area contributed by atoms with E-state index in [1.54, 1.807) is 12.1 Å². The highest BCUT2D eigenvalue weighted by Crippen LogP contribution is 2.42. The molecule has 0 saturated heterocycles. The molecule has 20 heavy (non-hydrogen) atoms. The van der Waals surface area contributed by atoms with E-state index >= 15 is 0 Å². The summed E-state index contributed by atoms with van der Waals surface area (Å²) in [6, 6.07) is 12.0. The third-order valence-corrected chi connectivity index (χ3v) is 5.12. The summed E-state index contributed by atoms with van der Waals surface area (Å²) < 4.78 is 13.1. The Morgan fingerprint density at radius 2 is 1.85 bits per heavy atom. The molecule has 0 bridgehead atoms. The lowest BCUT2D eigenvalue weighted by Gasteiger charge is -2.23. The Labute approximate surface area is 123 Å². The smallest absolute Gasteiger partial charge is 0.123 e. The van der Waals surface area contributed by atoms with Gasteiger partial charge in [0, 0.05) is 21.8 Å². The molecular formula is C17H20FNS. The number of rotatable bonds is 5. The summed E-state index contributed by atoms with van der Waals surface area (Å²) in [6.45, 7) is 4.35. The molecule has 0 amide bonds. The zero-order chi connectivity index (χ0) is 14.1. The first-order chi connectivity index (χ1) is 9.63. The second-order valence-electron chi connectivity index (χ2n) is 5.70. The van der Waals surface area contributed by atoms with Gasteiger partial charge in [-0.3, -0.25) is 0 Å². The van der Waals surface area contributed by atoms with Crippen LogP contribution >= 0.6 is 11.3 Å². The highest BCUT2D eigenvalue weighted by atomic mass is 32.1. The van der Waals surface area contributed by atoms with Crippen molar-refractivity contribution < 1.29 is 4.39 Å². The maximum absolute atomic E-state index is 13.1. The Kier molecular flexibility index (Phi) is 3.90. The van der Waals surface area contributed by atoms with Crippen molar-refractivity contribution >= 4 is 11.3 Å². The molecular weight excluding hydrogens is 269 g/mol. The third kappa shape index (κ3) is 3.10. The van der Waals surface area contributed by atoms with E-state index in [0.29, 0.717) is 18.0 Å². The second-order valence-corrected chi connectivity index (χ2v) is 7.02.